The highest BCUT2D eigenvalue weighted by Crippen LogP contribution is 2.51. The number of fused-ring (bicyclic) bond motifs is 1. The molecule has 2 rings (SSSR count). The van der Waals surface area contributed by atoms with E-state index in [1.54, 1.807) is 0 Å². The van der Waals surface area contributed by atoms with E-state index in [1.807, 2.05) is 0 Å². The average Bonchev–Trinajstić information content (AvgIpc) is 2.44. The molecule has 0 N–H and O–H groups in total. The molecule has 0 fully saturated rings. The van der Waals surface area contributed by atoms with Gasteiger partial charge in [-0.2, -0.15) is 43.9 Å². The van der Waals surface area contributed by atoms with Gasteiger partial charge in [0.15, 0.2) is 0 Å². The summed E-state index contributed by atoms with van der Waals surface area (Å²) in [6, 6.07) is 4.56. The minimum Gasteiger partial charge on any atom is -0.191 e. The molecular formula is C14H7BF10. The van der Waals surface area contributed by atoms with Crippen LogP contribution < -0.4 is 5.46 Å². The highest BCUT2D eigenvalue weighted by atomic mass is 19.4. The van der Waals surface area contributed by atoms with E-state index < -0.39 is 40.8 Å². The zero-order chi connectivity index (χ0) is 19.4. The van der Waals surface area contributed by atoms with Crippen molar-refractivity contribution in [1.82, 2.24) is 0 Å². The molecule has 0 amide bonds. The maximum Gasteiger partial charge on any atom is 0.458 e. The van der Waals surface area contributed by atoms with Gasteiger partial charge in [-0.3, -0.25) is 0 Å². The number of benzene rings is 2. The van der Waals surface area contributed by atoms with Crippen molar-refractivity contribution in [2.24, 2.45) is 0 Å². The third-order valence-corrected chi connectivity index (χ3v) is 3.67. The summed E-state index contributed by atoms with van der Waals surface area (Å²) in [5.41, 5.74) is -5.81. The Balaban J connectivity index is 3.01. The third-order valence-electron chi connectivity index (χ3n) is 3.67. The molecule has 0 spiro atoms. The summed E-state index contributed by atoms with van der Waals surface area (Å²) in [4.78, 5) is 0. The van der Waals surface area contributed by atoms with Crippen LogP contribution in [-0.4, -0.2) is 20.2 Å². The molecule has 0 aromatic heterocycles. The minimum absolute atomic E-state index is 0.0187. The van der Waals surface area contributed by atoms with Crippen LogP contribution in [0, 0.1) is 0 Å². The van der Waals surface area contributed by atoms with E-state index in [0.29, 0.717) is 7.85 Å². The number of hydrogen-bond acceptors (Lipinski definition) is 0. The minimum atomic E-state index is -6.35. The Morgan fingerprint density at radius 3 is 1.64 bits per heavy atom. The normalized spacial score (nSPS) is 14.2. The Kier molecular flexibility index (Phi) is 4.29. The highest BCUT2D eigenvalue weighted by molar-refractivity contribution is 6.40. The van der Waals surface area contributed by atoms with E-state index >= 15 is 0 Å². The molecular weight excluding hydrogens is 369 g/mol. The van der Waals surface area contributed by atoms with Crippen LogP contribution >= 0.6 is 0 Å². The summed E-state index contributed by atoms with van der Waals surface area (Å²) in [5, 5.41) is -0.608. The number of alkyl halides is 10. The fraction of sp³-hybridized carbons (Fsp3) is 0.286. The van der Waals surface area contributed by atoms with Gasteiger partial charge in [0.2, 0.25) is 0 Å². The Labute approximate surface area is 134 Å². The molecule has 25 heavy (non-hydrogen) atoms. The van der Waals surface area contributed by atoms with Crippen molar-refractivity contribution in [3.05, 3.63) is 41.5 Å². The lowest BCUT2D eigenvalue weighted by molar-refractivity contribution is -0.301. The lowest BCUT2D eigenvalue weighted by Crippen LogP contribution is -2.43. The largest absolute Gasteiger partial charge is 0.458 e. The Hall–Kier alpha value is -1.94. The maximum atomic E-state index is 13.8. The van der Waals surface area contributed by atoms with Crippen molar-refractivity contribution < 1.29 is 43.9 Å². The van der Waals surface area contributed by atoms with Gasteiger partial charge in [0.25, 0.3) is 0 Å². The highest BCUT2D eigenvalue weighted by Gasteiger charge is 2.66. The van der Waals surface area contributed by atoms with E-state index in [-0.39, 0.29) is 16.8 Å². The maximum absolute atomic E-state index is 13.8. The predicted molar refractivity (Wildman–Crippen MR) is 72.0 cm³/mol. The standard InChI is InChI=1S/C14H7BF10/c15-10-7-4-2-1-3-6(7)5-8(11(16,17)13(20,21)22)9(10)12(18,19)14(23,24)25/h1-5H,15H2. The molecule has 0 aliphatic rings. The van der Waals surface area contributed by atoms with Crippen molar-refractivity contribution in [1.29, 1.82) is 0 Å². The van der Waals surface area contributed by atoms with Crippen LogP contribution in [0.3, 0.4) is 0 Å². The van der Waals surface area contributed by atoms with Gasteiger partial charge in [0, 0.05) is 11.1 Å². The Morgan fingerprint density at radius 1 is 0.680 bits per heavy atom. The summed E-state index contributed by atoms with van der Waals surface area (Å²) in [5.74, 6) is -11.8. The predicted octanol–water partition coefficient (Wildman–Crippen LogP) is 4.41. The average molecular weight is 376 g/mol. The van der Waals surface area contributed by atoms with Crippen molar-refractivity contribution in [3.8, 4) is 0 Å². The molecule has 0 aliphatic carbocycles. The second-order valence-corrected chi connectivity index (χ2v) is 5.29. The summed E-state index contributed by atoms with van der Waals surface area (Å²) >= 11 is 0. The number of halogens is 10. The van der Waals surface area contributed by atoms with Crippen LogP contribution in [0.25, 0.3) is 10.8 Å². The number of hydrogen-bond donors (Lipinski definition) is 0. The van der Waals surface area contributed by atoms with Gasteiger partial charge in [-0.05, 0) is 16.8 Å². The Bertz CT molecular complexity index is 804. The van der Waals surface area contributed by atoms with Crippen LogP contribution in [0.5, 0.6) is 0 Å². The van der Waals surface area contributed by atoms with Crippen LogP contribution in [0.4, 0.5) is 43.9 Å². The van der Waals surface area contributed by atoms with E-state index in [2.05, 4.69) is 0 Å². The van der Waals surface area contributed by atoms with Gasteiger partial charge in [-0.1, -0.05) is 29.7 Å². The molecule has 0 heterocycles. The summed E-state index contributed by atoms with van der Waals surface area (Å²) < 4.78 is 131. The van der Waals surface area contributed by atoms with E-state index in [0.717, 1.165) is 12.1 Å². The molecule has 0 unspecified atom stereocenters. The third kappa shape index (κ3) is 2.93. The summed E-state index contributed by atoms with van der Waals surface area (Å²) in [6.45, 7) is 0. The molecule has 0 aliphatic heterocycles. The first kappa shape index (κ1) is 19.4. The monoisotopic (exact) mass is 376 g/mol. The molecule has 0 saturated carbocycles. The van der Waals surface area contributed by atoms with Crippen molar-refractivity contribution >= 4 is 24.1 Å². The van der Waals surface area contributed by atoms with E-state index in [1.165, 1.54) is 12.1 Å². The molecule has 0 saturated heterocycles. The second-order valence-electron chi connectivity index (χ2n) is 5.29. The van der Waals surface area contributed by atoms with Crippen molar-refractivity contribution in [2.75, 3.05) is 0 Å². The van der Waals surface area contributed by atoms with Crippen LogP contribution in [0.2, 0.25) is 0 Å². The van der Waals surface area contributed by atoms with Gasteiger partial charge in [-0.15, -0.1) is 0 Å². The van der Waals surface area contributed by atoms with Crippen molar-refractivity contribution in [2.45, 2.75) is 24.2 Å². The van der Waals surface area contributed by atoms with Crippen LogP contribution in [0.1, 0.15) is 11.1 Å². The first-order chi connectivity index (χ1) is 11.1. The zero-order valence-corrected chi connectivity index (χ0v) is 12.2. The van der Waals surface area contributed by atoms with Crippen LogP contribution in [-0.2, 0) is 11.8 Å². The molecule has 136 valence electrons. The van der Waals surface area contributed by atoms with Gasteiger partial charge in [0.1, 0.15) is 7.85 Å². The smallest absolute Gasteiger partial charge is 0.191 e. The molecule has 2 aromatic rings. The summed E-state index contributed by atoms with van der Waals surface area (Å²) in [6.07, 6.45) is -12.7. The first-order valence-electron chi connectivity index (χ1n) is 6.54. The summed E-state index contributed by atoms with van der Waals surface area (Å²) in [7, 11) is 0.646. The van der Waals surface area contributed by atoms with Crippen LogP contribution in [0.15, 0.2) is 30.3 Å². The quantitative estimate of drug-likeness (QED) is 0.539. The molecule has 11 heteroatoms. The second kappa shape index (κ2) is 5.53. The number of rotatable bonds is 2. The van der Waals surface area contributed by atoms with E-state index in [4.69, 9.17) is 0 Å². The first-order valence-corrected chi connectivity index (χ1v) is 6.54. The lowest BCUT2D eigenvalue weighted by Gasteiger charge is -2.29. The molecule has 2 aromatic carbocycles. The lowest BCUT2D eigenvalue weighted by atomic mass is 9.78. The van der Waals surface area contributed by atoms with Gasteiger partial charge in [0.05, 0.1) is 0 Å². The fourth-order valence-corrected chi connectivity index (χ4v) is 2.48. The molecule has 0 nitrogen and oxygen atoms in total. The topological polar surface area (TPSA) is 0 Å². The zero-order valence-electron chi connectivity index (χ0n) is 12.2. The molecule has 0 radical (unpaired) electrons. The fourth-order valence-electron chi connectivity index (χ4n) is 2.48. The molecule has 0 bridgehead atoms. The van der Waals surface area contributed by atoms with Gasteiger partial charge in [-0.25, -0.2) is 0 Å². The van der Waals surface area contributed by atoms with Gasteiger partial charge >= 0.3 is 24.2 Å². The van der Waals surface area contributed by atoms with E-state index in [9.17, 15) is 43.9 Å². The molecule has 0 atom stereocenters. The Morgan fingerprint density at radius 2 is 1.16 bits per heavy atom. The van der Waals surface area contributed by atoms with Gasteiger partial charge < -0.3 is 0 Å². The SMILES string of the molecule is Bc1c(C(F)(F)C(F)(F)F)c(C(F)(F)C(F)(F)F)cc2ccccc12. The van der Waals surface area contributed by atoms with Crippen molar-refractivity contribution in [3.63, 3.8) is 0 Å².